The summed E-state index contributed by atoms with van der Waals surface area (Å²) in [5.74, 6) is -0.403. The lowest BCUT2D eigenvalue weighted by Gasteiger charge is -2.15. The van der Waals surface area contributed by atoms with Crippen molar-refractivity contribution < 1.29 is 9.59 Å². The van der Waals surface area contributed by atoms with Gasteiger partial charge in [0.15, 0.2) is 0 Å². The maximum atomic E-state index is 11.7. The molecule has 0 aromatic heterocycles. The highest BCUT2D eigenvalue weighted by molar-refractivity contribution is 5.87. The number of carbonyl (C=O) groups excluding carboxylic acids is 2. The zero-order chi connectivity index (χ0) is 13.5. The molecule has 0 aliphatic carbocycles. The molecule has 4 nitrogen and oxygen atoms in total. The van der Waals surface area contributed by atoms with E-state index in [2.05, 4.69) is 10.6 Å². The van der Waals surface area contributed by atoms with E-state index in [9.17, 15) is 9.59 Å². The third-order valence-electron chi connectivity index (χ3n) is 2.59. The molecule has 98 valence electrons. The van der Waals surface area contributed by atoms with Gasteiger partial charge in [-0.3, -0.25) is 9.59 Å². The van der Waals surface area contributed by atoms with Gasteiger partial charge in [0, 0.05) is 12.5 Å². The van der Waals surface area contributed by atoms with Gasteiger partial charge in [-0.1, -0.05) is 44.2 Å². The summed E-state index contributed by atoms with van der Waals surface area (Å²) < 4.78 is 0. The smallest absolute Gasteiger partial charge is 0.242 e. The summed E-state index contributed by atoms with van der Waals surface area (Å²) >= 11 is 0. The Morgan fingerprint density at radius 2 is 1.67 bits per heavy atom. The van der Waals surface area contributed by atoms with Crippen molar-refractivity contribution in [2.75, 3.05) is 0 Å². The molecule has 0 aliphatic rings. The van der Waals surface area contributed by atoms with Crippen LogP contribution in [0.15, 0.2) is 30.3 Å². The Balaban J connectivity index is 2.39. The van der Waals surface area contributed by atoms with Crippen LogP contribution in [0.5, 0.6) is 0 Å². The third-order valence-corrected chi connectivity index (χ3v) is 2.59. The Bertz CT molecular complexity index is 402. The van der Waals surface area contributed by atoms with Crippen LogP contribution in [0.3, 0.4) is 0 Å². The van der Waals surface area contributed by atoms with Gasteiger partial charge < -0.3 is 10.6 Å². The number of rotatable bonds is 5. The van der Waals surface area contributed by atoms with Gasteiger partial charge in [0.05, 0.1) is 0 Å². The maximum absolute atomic E-state index is 11.7. The molecule has 0 spiro atoms. The average molecular weight is 248 g/mol. The molecule has 18 heavy (non-hydrogen) atoms. The van der Waals surface area contributed by atoms with Crippen LogP contribution in [0.4, 0.5) is 0 Å². The molecule has 0 bridgehead atoms. The lowest BCUT2D eigenvalue weighted by molar-refractivity contribution is -0.130. The zero-order valence-electron chi connectivity index (χ0n) is 11.1. The van der Waals surface area contributed by atoms with Crippen molar-refractivity contribution in [1.29, 1.82) is 0 Å². The molecule has 1 atom stereocenters. The van der Waals surface area contributed by atoms with Crippen molar-refractivity contribution in [2.24, 2.45) is 5.92 Å². The maximum Gasteiger partial charge on any atom is 0.242 e. The number of nitrogens with one attached hydrogen (secondary N) is 2. The predicted octanol–water partition coefficient (Wildman–Crippen LogP) is 1.46. The zero-order valence-corrected chi connectivity index (χ0v) is 11.1. The van der Waals surface area contributed by atoms with Gasteiger partial charge in [-0.05, 0) is 12.5 Å². The van der Waals surface area contributed by atoms with Gasteiger partial charge in [-0.25, -0.2) is 0 Å². The molecule has 1 aromatic rings. The van der Waals surface area contributed by atoms with E-state index in [-0.39, 0.29) is 17.7 Å². The van der Waals surface area contributed by atoms with E-state index in [1.54, 1.807) is 20.8 Å². The topological polar surface area (TPSA) is 58.2 Å². The Labute approximate surface area is 108 Å². The van der Waals surface area contributed by atoms with Crippen LogP contribution in [0.1, 0.15) is 26.3 Å². The second-order valence-corrected chi connectivity index (χ2v) is 4.59. The first-order valence-corrected chi connectivity index (χ1v) is 6.12. The molecule has 1 rings (SSSR count). The summed E-state index contributed by atoms with van der Waals surface area (Å²) in [5, 5.41) is 5.45. The SMILES string of the molecule is CC(C)C(=O)N[C@H](C)C(=O)NCc1ccccc1. The minimum Gasteiger partial charge on any atom is -0.350 e. The molecule has 0 aliphatic heterocycles. The summed E-state index contributed by atoms with van der Waals surface area (Å²) in [4.78, 5) is 23.2. The van der Waals surface area contributed by atoms with E-state index in [0.717, 1.165) is 5.56 Å². The normalized spacial score (nSPS) is 12.0. The first-order valence-electron chi connectivity index (χ1n) is 6.12. The highest BCUT2D eigenvalue weighted by Crippen LogP contribution is 1.98. The Kier molecular flexibility index (Phi) is 5.36. The number of amides is 2. The van der Waals surface area contributed by atoms with Crippen LogP contribution in [-0.4, -0.2) is 17.9 Å². The molecule has 2 N–H and O–H groups in total. The molecule has 4 heteroatoms. The molecule has 0 radical (unpaired) electrons. The molecule has 2 amide bonds. The summed E-state index contributed by atoms with van der Waals surface area (Å²) in [5.41, 5.74) is 1.04. The van der Waals surface area contributed by atoms with Crippen LogP contribution >= 0.6 is 0 Å². The summed E-state index contributed by atoms with van der Waals surface area (Å²) in [6.07, 6.45) is 0. The van der Waals surface area contributed by atoms with Crippen LogP contribution in [-0.2, 0) is 16.1 Å². The minimum atomic E-state index is -0.511. The van der Waals surface area contributed by atoms with Crippen molar-refractivity contribution in [3.8, 4) is 0 Å². The molecule has 1 aromatic carbocycles. The Morgan fingerprint density at radius 1 is 1.06 bits per heavy atom. The van der Waals surface area contributed by atoms with Gasteiger partial charge in [-0.15, -0.1) is 0 Å². The Hall–Kier alpha value is -1.84. The predicted molar refractivity (Wildman–Crippen MR) is 70.7 cm³/mol. The van der Waals surface area contributed by atoms with E-state index in [4.69, 9.17) is 0 Å². The highest BCUT2D eigenvalue weighted by atomic mass is 16.2. The first kappa shape index (κ1) is 14.2. The Morgan fingerprint density at radius 3 is 2.22 bits per heavy atom. The van der Waals surface area contributed by atoms with Crippen LogP contribution in [0.2, 0.25) is 0 Å². The van der Waals surface area contributed by atoms with Crippen molar-refractivity contribution in [2.45, 2.75) is 33.4 Å². The van der Waals surface area contributed by atoms with E-state index in [1.807, 2.05) is 30.3 Å². The molecule has 0 saturated heterocycles. The lowest BCUT2D eigenvalue weighted by Crippen LogP contribution is -2.45. The van der Waals surface area contributed by atoms with E-state index < -0.39 is 6.04 Å². The van der Waals surface area contributed by atoms with Gasteiger partial charge in [0.1, 0.15) is 6.04 Å². The molecule has 0 heterocycles. The first-order chi connectivity index (χ1) is 8.50. The molecule has 0 saturated carbocycles. The monoisotopic (exact) mass is 248 g/mol. The van der Waals surface area contributed by atoms with E-state index >= 15 is 0 Å². The standard InChI is InChI=1S/C14H20N2O2/c1-10(2)13(17)16-11(3)14(18)15-9-12-7-5-4-6-8-12/h4-8,10-11H,9H2,1-3H3,(H,15,18)(H,16,17)/t11-/m1/s1. The quantitative estimate of drug-likeness (QED) is 0.829. The fourth-order valence-corrected chi connectivity index (χ4v) is 1.38. The summed E-state index contributed by atoms with van der Waals surface area (Å²) in [7, 11) is 0. The van der Waals surface area contributed by atoms with Gasteiger partial charge in [0.25, 0.3) is 0 Å². The fourth-order valence-electron chi connectivity index (χ4n) is 1.38. The number of hydrogen-bond acceptors (Lipinski definition) is 2. The van der Waals surface area contributed by atoms with E-state index in [0.29, 0.717) is 6.54 Å². The summed E-state index contributed by atoms with van der Waals surface area (Å²) in [6, 6.07) is 9.15. The summed E-state index contributed by atoms with van der Waals surface area (Å²) in [6.45, 7) is 5.75. The second-order valence-electron chi connectivity index (χ2n) is 4.59. The van der Waals surface area contributed by atoms with Crippen LogP contribution in [0.25, 0.3) is 0 Å². The number of benzene rings is 1. The van der Waals surface area contributed by atoms with E-state index in [1.165, 1.54) is 0 Å². The molecule has 0 unspecified atom stereocenters. The van der Waals surface area contributed by atoms with Crippen molar-refractivity contribution in [3.63, 3.8) is 0 Å². The van der Waals surface area contributed by atoms with Crippen molar-refractivity contribution in [1.82, 2.24) is 10.6 Å². The van der Waals surface area contributed by atoms with Gasteiger partial charge in [-0.2, -0.15) is 0 Å². The molecule has 0 fully saturated rings. The second kappa shape index (κ2) is 6.79. The van der Waals surface area contributed by atoms with Gasteiger partial charge >= 0.3 is 0 Å². The van der Waals surface area contributed by atoms with Gasteiger partial charge in [0.2, 0.25) is 11.8 Å². The molecular formula is C14H20N2O2. The number of carbonyl (C=O) groups is 2. The van der Waals surface area contributed by atoms with Crippen molar-refractivity contribution in [3.05, 3.63) is 35.9 Å². The lowest BCUT2D eigenvalue weighted by atomic mass is 10.2. The largest absolute Gasteiger partial charge is 0.350 e. The highest BCUT2D eigenvalue weighted by Gasteiger charge is 2.16. The van der Waals surface area contributed by atoms with Crippen LogP contribution < -0.4 is 10.6 Å². The van der Waals surface area contributed by atoms with Crippen LogP contribution in [0, 0.1) is 5.92 Å². The fraction of sp³-hybridized carbons (Fsp3) is 0.429. The number of hydrogen-bond donors (Lipinski definition) is 2. The van der Waals surface area contributed by atoms with Crippen molar-refractivity contribution >= 4 is 11.8 Å². The third kappa shape index (κ3) is 4.57. The average Bonchev–Trinajstić information content (AvgIpc) is 2.36. The molecular weight excluding hydrogens is 228 g/mol. The minimum absolute atomic E-state index is 0.114.